The van der Waals surface area contributed by atoms with Gasteiger partial charge in [0.25, 0.3) is 0 Å². The van der Waals surface area contributed by atoms with Gasteiger partial charge in [-0.3, -0.25) is 4.79 Å². The van der Waals surface area contributed by atoms with Crippen LogP contribution in [0.2, 0.25) is 0 Å². The van der Waals surface area contributed by atoms with Crippen molar-refractivity contribution in [2.75, 3.05) is 6.54 Å². The van der Waals surface area contributed by atoms with Crippen molar-refractivity contribution in [2.45, 2.75) is 19.5 Å². The fourth-order valence-electron chi connectivity index (χ4n) is 1.87. The Kier molecular flexibility index (Phi) is 5.56. The molecule has 0 radical (unpaired) electrons. The summed E-state index contributed by atoms with van der Waals surface area (Å²) < 4.78 is 1.88. The van der Waals surface area contributed by atoms with Crippen LogP contribution in [0.4, 0.5) is 0 Å². The lowest BCUT2D eigenvalue weighted by Gasteiger charge is -2.07. The zero-order valence-electron chi connectivity index (χ0n) is 11.7. The van der Waals surface area contributed by atoms with Crippen LogP contribution < -0.4 is 11.1 Å². The number of imidazole rings is 1. The van der Waals surface area contributed by atoms with Crippen LogP contribution in [0.1, 0.15) is 17.5 Å². The van der Waals surface area contributed by atoms with Crippen LogP contribution in [0.3, 0.4) is 0 Å². The average Bonchev–Trinajstić information content (AvgIpc) is 3.03. The number of benzene rings is 1. The molecule has 0 aliphatic carbocycles. The van der Waals surface area contributed by atoms with Crippen molar-refractivity contribution in [3.05, 3.63) is 54.1 Å². The summed E-state index contributed by atoms with van der Waals surface area (Å²) in [5.74, 6) is 5.85. The summed E-state index contributed by atoms with van der Waals surface area (Å²) >= 11 is 0. The zero-order valence-corrected chi connectivity index (χ0v) is 11.7. The van der Waals surface area contributed by atoms with Gasteiger partial charge in [0, 0.05) is 37.5 Å². The van der Waals surface area contributed by atoms with E-state index in [-0.39, 0.29) is 5.91 Å². The minimum atomic E-state index is 0.00490. The van der Waals surface area contributed by atoms with Crippen LogP contribution >= 0.6 is 0 Å². The van der Waals surface area contributed by atoms with E-state index in [0.29, 0.717) is 26.1 Å². The summed E-state index contributed by atoms with van der Waals surface area (Å²) in [6.07, 6.45) is 5.66. The van der Waals surface area contributed by atoms with Crippen LogP contribution in [0.15, 0.2) is 43.0 Å². The molecule has 5 nitrogen and oxygen atoms in total. The van der Waals surface area contributed by atoms with Gasteiger partial charge in [-0.15, -0.1) is 0 Å². The molecule has 0 aliphatic heterocycles. The van der Waals surface area contributed by atoms with Crippen LogP contribution in [-0.4, -0.2) is 22.0 Å². The van der Waals surface area contributed by atoms with Crippen molar-refractivity contribution in [2.24, 2.45) is 5.73 Å². The van der Waals surface area contributed by atoms with Crippen molar-refractivity contribution in [3.63, 3.8) is 0 Å². The number of carbonyl (C=O) groups is 1. The second-order valence-corrected chi connectivity index (χ2v) is 4.49. The number of hydrogen-bond donors (Lipinski definition) is 2. The van der Waals surface area contributed by atoms with Crippen molar-refractivity contribution >= 4 is 5.91 Å². The third-order valence-electron chi connectivity index (χ3n) is 2.97. The third kappa shape index (κ3) is 4.79. The van der Waals surface area contributed by atoms with E-state index in [1.807, 2.05) is 35.0 Å². The van der Waals surface area contributed by atoms with Gasteiger partial charge in [0.1, 0.15) is 0 Å². The molecular weight excluding hydrogens is 264 g/mol. The molecule has 21 heavy (non-hydrogen) atoms. The molecule has 0 aliphatic rings. The SMILES string of the molecule is NCC#Cc1ccccc1CNC(=O)CCn1ccnc1. The molecule has 2 rings (SSSR count). The lowest BCUT2D eigenvalue weighted by molar-refractivity contribution is -0.121. The number of amides is 1. The predicted molar refractivity (Wildman–Crippen MR) is 81.1 cm³/mol. The Hall–Kier alpha value is -2.58. The highest BCUT2D eigenvalue weighted by atomic mass is 16.1. The molecule has 1 aromatic carbocycles. The maximum atomic E-state index is 11.8. The number of nitrogens with one attached hydrogen (secondary N) is 1. The third-order valence-corrected chi connectivity index (χ3v) is 2.97. The Bertz CT molecular complexity index is 638. The minimum absolute atomic E-state index is 0.00490. The summed E-state index contributed by atoms with van der Waals surface area (Å²) in [7, 11) is 0. The van der Waals surface area contributed by atoms with Gasteiger partial charge in [-0.25, -0.2) is 4.98 Å². The molecule has 1 heterocycles. The Morgan fingerprint density at radius 3 is 3.00 bits per heavy atom. The summed E-state index contributed by atoms with van der Waals surface area (Å²) in [5, 5.41) is 2.91. The van der Waals surface area contributed by atoms with Crippen LogP contribution in [0, 0.1) is 11.8 Å². The molecule has 1 amide bonds. The standard InChI is InChI=1S/C16H18N4O/c17-8-3-6-14-4-1-2-5-15(14)12-19-16(21)7-10-20-11-9-18-13-20/h1-2,4-5,9,11,13H,7-8,10,12,17H2,(H,19,21). The molecule has 1 aromatic heterocycles. The molecule has 5 heteroatoms. The maximum Gasteiger partial charge on any atom is 0.222 e. The first-order valence-corrected chi connectivity index (χ1v) is 6.79. The number of carbonyl (C=O) groups excluding carboxylic acids is 1. The van der Waals surface area contributed by atoms with Crippen LogP contribution in [0.25, 0.3) is 0 Å². The van der Waals surface area contributed by atoms with Gasteiger partial charge in [-0.05, 0) is 11.6 Å². The number of hydrogen-bond acceptors (Lipinski definition) is 3. The van der Waals surface area contributed by atoms with E-state index in [1.165, 1.54) is 0 Å². The highest BCUT2D eigenvalue weighted by Gasteiger charge is 2.04. The van der Waals surface area contributed by atoms with Gasteiger partial charge in [0.15, 0.2) is 0 Å². The topological polar surface area (TPSA) is 72.9 Å². The minimum Gasteiger partial charge on any atom is -0.352 e. The lowest BCUT2D eigenvalue weighted by atomic mass is 10.1. The first-order valence-electron chi connectivity index (χ1n) is 6.79. The molecule has 0 bridgehead atoms. The molecule has 2 aromatic rings. The highest BCUT2D eigenvalue weighted by molar-refractivity contribution is 5.75. The van der Waals surface area contributed by atoms with Crippen molar-refractivity contribution < 1.29 is 4.79 Å². The van der Waals surface area contributed by atoms with E-state index in [0.717, 1.165) is 11.1 Å². The first kappa shape index (κ1) is 14.8. The predicted octanol–water partition coefficient (Wildman–Crippen LogP) is 0.900. The molecule has 0 fully saturated rings. The van der Waals surface area contributed by atoms with Crippen molar-refractivity contribution in [1.29, 1.82) is 0 Å². The fourth-order valence-corrected chi connectivity index (χ4v) is 1.87. The largest absolute Gasteiger partial charge is 0.352 e. The molecule has 0 atom stereocenters. The molecule has 0 saturated carbocycles. The highest BCUT2D eigenvalue weighted by Crippen LogP contribution is 2.07. The van der Waals surface area contributed by atoms with Crippen LogP contribution in [0.5, 0.6) is 0 Å². The Balaban J connectivity index is 1.86. The van der Waals surface area contributed by atoms with E-state index in [2.05, 4.69) is 22.1 Å². The summed E-state index contributed by atoms with van der Waals surface area (Å²) in [6.45, 7) is 1.42. The second kappa shape index (κ2) is 7.88. The number of nitrogens with two attached hydrogens (primary N) is 1. The number of nitrogens with zero attached hydrogens (tertiary/aromatic N) is 2. The van der Waals surface area contributed by atoms with E-state index in [9.17, 15) is 4.79 Å². The van der Waals surface area contributed by atoms with E-state index >= 15 is 0 Å². The summed E-state index contributed by atoms with van der Waals surface area (Å²) in [6, 6.07) is 7.73. The van der Waals surface area contributed by atoms with Gasteiger partial charge in [0.2, 0.25) is 5.91 Å². The fraction of sp³-hybridized carbons (Fsp3) is 0.250. The first-order chi connectivity index (χ1) is 10.3. The van der Waals surface area contributed by atoms with Crippen LogP contribution in [-0.2, 0) is 17.9 Å². The smallest absolute Gasteiger partial charge is 0.222 e. The van der Waals surface area contributed by atoms with E-state index < -0.39 is 0 Å². The molecule has 0 unspecified atom stereocenters. The summed E-state index contributed by atoms with van der Waals surface area (Å²) in [5.41, 5.74) is 7.28. The number of aromatic nitrogens is 2. The van der Waals surface area contributed by atoms with Crippen molar-refractivity contribution in [1.82, 2.24) is 14.9 Å². The van der Waals surface area contributed by atoms with Gasteiger partial charge < -0.3 is 15.6 Å². The van der Waals surface area contributed by atoms with Gasteiger partial charge in [0.05, 0.1) is 12.9 Å². The van der Waals surface area contributed by atoms with Gasteiger partial charge in [-0.2, -0.15) is 0 Å². The Morgan fingerprint density at radius 2 is 2.24 bits per heavy atom. The average molecular weight is 282 g/mol. The Morgan fingerprint density at radius 1 is 1.38 bits per heavy atom. The Labute approximate surface area is 124 Å². The maximum absolute atomic E-state index is 11.8. The van der Waals surface area contributed by atoms with E-state index in [1.54, 1.807) is 12.5 Å². The monoisotopic (exact) mass is 282 g/mol. The second-order valence-electron chi connectivity index (χ2n) is 4.49. The molecule has 0 spiro atoms. The molecule has 0 saturated heterocycles. The molecule has 108 valence electrons. The molecular formula is C16H18N4O. The molecule has 3 N–H and O–H groups in total. The zero-order chi connectivity index (χ0) is 14.9. The lowest BCUT2D eigenvalue weighted by Crippen LogP contribution is -2.24. The summed E-state index contributed by atoms with van der Waals surface area (Å²) in [4.78, 5) is 15.8. The van der Waals surface area contributed by atoms with Crippen molar-refractivity contribution in [3.8, 4) is 11.8 Å². The number of rotatable bonds is 5. The van der Waals surface area contributed by atoms with Gasteiger partial charge >= 0.3 is 0 Å². The quantitative estimate of drug-likeness (QED) is 0.800. The van der Waals surface area contributed by atoms with Gasteiger partial charge in [-0.1, -0.05) is 30.0 Å². The normalized spacial score (nSPS) is 9.76. The van der Waals surface area contributed by atoms with E-state index in [4.69, 9.17) is 5.73 Å². The number of aryl methyl sites for hydroxylation is 1.